The van der Waals surface area contributed by atoms with Crippen molar-refractivity contribution in [2.45, 2.75) is 20.8 Å². The summed E-state index contributed by atoms with van der Waals surface area (Å²) in [6.45, 7) is 6.78. The largest absolute Gasteiger partial charge is 0.374 e. The minimum absolute atomic E-state index is 0.723. The fourth-order valence-corrected chi connectivity index (χ4v) is 1.24. The van der Waals surface area contributed by atoms with Crippen LogP contribution in [0, 0.1) is 25.7 Å². The normalized spacial score (nSPS) is 8.85. The van der Waals surface area contributed by atoms with E-state index in [2.05, 4.69) is 49.2 Å². The number of hydrogen-bond donors (Lipinski definition) is 1. The highest BCUT2D eigenvalue weighted by molar-refractivity contribution is 5.52. The van der Waals surface area contributed by atoms with Crippen LogP contribution in [0.5, 0.6) is 0 Å². The van der Waals surface area contributed by atoms with E-state index in [1.54, 1.807) is 0 Å². The molecule has 1 heteroatoms. The highest BCUT2D eigenvalue weighted by Gasteiger charge is 1.95. The molecule has 0 spiro atoms. The summed E-state index contributed by atoms with van der Waals surface area (Å²) in [5, 5.41) is 3.27. The lowest BCUT2D eigenvalue weighted by molar-refractivity contribution is 1.31. The quantitative estimate of drug-likeness (QED) is 0.678. The molecule has 0 saturated heterocycles. The molecule has 1 N–H and O–H groups in total. The van der Waals surface area contributed by atoms with Gasteiger partial charge in [-0.15, -0.1) is 5.92 Å². The zero-order valence-corrected chi connectivity index (χ0v) is 8.44. The van der Waals surface area contributed by atoms with Crippen molar-refractivity contribution in [1.82, 2.24) is 0 Å². The van der Waals surface area contributed by atoms with Gasteiger partial charge in [-0.1, -0.05) is 23.6 Å². The second-order valence-corrected chi connectivity index (χ2v) is 3.10. The summed E-state index contributed by atoms with van der Waals surface area (Å²) in [7, 11) is 0. The van der Waals surface area contributed by atoms with Crippen molar-refractivity contribution in [2.75, 3.05) is 11.9 Å². The Bertz CT molecular complexity index is 342. The number of nitrogens with one attached hydrogen (secondary N) is 1. The van der Waals surface area contributed by atoms with E-state index in [1.807, 2.05) is 6.92 Å². The molecule has 0 heterocycles. The highest BCUT2D eigenvalue weighted by atomic mass is 14.9. The smallest absolute Gasteiger partial charge is 0.0765 e. The van der Waals surface area contributed by atoms with Crippen LogP contribution in [0.2, 0.25) is 0 Å². The summed E-state index contributed by atoms with van der Waals surface area (Å²) in [5.41, 5.74) is 3.75. The van der Waals surface area contributed by atoms with Crippen molar-refractivity contribution in [3.63, 3.8) is 0 Å². The molecule has 0 fully saturated rings. The van der Waals surface area contributed by atoms with Crippen LogP contribution < -0.4 is 5.32 Å². The van der Waals surface area contributed by atoms with Crippen LogP contribution in [0.3, 0.4) is 0 Å². The third-order valence-corrected chi connectivity index (χ3v) is 1.93. The Morgan fingerprint density at radius 2 is 2.08 bits per heavy atom. The van der Waals surface area contributed by atoms with Crippen LogP contribution in [-0.2, 0) is 0 Å². The van der Waals surface area contributed by atoms with E-state index in [9.17, 15) is 0 Å². The van der Waals surface area contributed by atoms with E-state index in [0.29, 0.717) is 0 Å². The summed E-state index contributed by atoms with van der Waals surface area (Å²) in [4.78, 5) is 0. The molecule has 0 aromatic heterocycles. The maximum Gasteiger partial charge on any atom is 0.0765 e. The van der Waals surface area contributed by atoms with Gasteiger partial charge in [-0.05, 0) is 32.4 Å². The molecular weight excluding hydrogens is 158 g/mol. The fourth-order valence-electron chi connectivity index (χ4n) is 1.24. The molecular formula is C12H15N. The van der Waals surface area contributed by atoms with Gasteiger partial charge in [0.1, 0.15) is 0 Å². The first-order valence-corrected chi connectivity index (χ1v) is 4.45. The fraction of sp³-hybridized carbons (Fsp3) is 0.333. The second kappa shape index (κ2) is 4.57. The molecule has 13 heavy (non-hydrogen) atoms. The predicted octanol–water partition coefficient (Wildman–Crippen LogP) is 2.74. The van der Waals surface area contributed by atoms with E-state index >= 15 is 0 Å². The zero-order valence-electron chi connectivity index (χ0n) is 8.44. The van der Waals surface area contributed by atoms with Crippen LogP contribution in [-0.4, -0.2) is 6.54 Å². The summed E-state index contributed by atoms with van der Waals surface area (Å²) in [5.74, 6) is 5.83. The van der Waals surface area contributed by atoms with Crippen molar-refractivity contribution in [1.29, 1.82) is 0 Å². The summed E-state index contributed by atoms with van der Waals surface area (Å²) < 4.78 is 0. The lowest BCUT2D eigenvalue weighted by atomic mass is 10.1. The van der Waals surface area contributed by atoms with Crippen LogP contribution in [0.4, 0.5) is 5.69 Å². The Hall–Kier alpha value is -1.42. The van der Waals surface area contributed by atoms with Crippen molar-refractivity contribution in [2.24, 2.45) is 0 Å². The predicted molar refractivity (Wildman–Crippen MR) is 57.9 cm³/mol. The minimum Gasteiger partial charge on any atom is -0.374 e. The molecule has 0 amide bonds. The number of anilines is 1. The van der Waals surface area contributed by atoms with Gasteiger partial charge in [0, 0.05) is 5.69 Å². The van der Waals surface area contributed by atoms with E-state index < -0.39 is 0 Å². The first kappa shape index (κ1) is 9.67. The Labute approximate surface area is 80.2 Å². The molecule has 0 aliphatic carbocycles. The third-order valence-electron chi connectivity index (χ3n) is 1.93. The first-order chi connectivity index (χ1) is 6.24. The van der Waals surface area contributed by atoms with Gasteiger partial charge in [-0.2, -0.15) is 0 Å². The number of aryl methyl sites for hydroxylation is 2. The Morgan fingerprint density at radius 1 is 1.31 bits per heavy atom. The van der Waals surface area contributed by atoms with E-state index in [-0.39, 0.29) is 0 Å². The molecule has 0 radical (unpaired) electrons. The molecule has 0 saturated carbocycles. The molecule has 1 nitrogen and oxygen atoms in total. The summed E-state index contributed by atoms with van der Waals surface area (Å²) in [6.07, 6.45) is 0. The molecule has 0 aliphatic heterocycles. The van der Waals surface area contributed by atoms with Crippen molar-refractivity contribution < 1.29 is 0 Å². The van der Waals surface area contributed by atoms with Crippen molar-refractivity contribution >= 4 is 5.69 Å². The second-order valence-electron chi connectivity index (χ2n) is 3.10. The monoisotopic (exact) mass is 173 g/mol. The van der Waals surface area contributed by atoms with Gasteiger partial charge < -0.3 is 5.32 Å². The molecule has 0 aliphatic rings. The van der Waals surface area contributed by atoms with E-state index in [1.165, 1.54) is 16.8 Å². The average Bonchev–Trinajstić information content (AvgIpc) is 2.09. The van der Waals surface area contributed by atoms with E-state index in [0.717, 1.165) is 6.54 Å². The van der Waals surface area contributed by atoms with Crippen LogP contribution in [0.25, 0.3) is 0 Å². The van der Waals surface area contributed by atoms with Gasteiger partial charge in [0.15, 0.2) is 0 Å². The SMILES string of the molecule is CC#CCNc1ccc(C)cc1C. The van der Waals surface area contributed by atoms with Crippen LogP contribution in [0.1, 0.15) is 18.1 Å². The number of rotatable bonds is 2. The zero-order chi connectivity index (χ0) is 9.68. The molecule has 68 valence electrons. The van der Waals surface area contributed by atoms with Crippen LogP contribution >= 0.6 is 0 Å². The van der Waals surface area contributed by atoms with Gasteiger partial charge >= 0.3 is 0 Å². The van der Waals surface area contributed by atoms with Crippen molar-refractivity contribution in [3.05, 3.63) is 29.3 Å². The maximum absolute atomic E-state index is 3.27. The van der Waals surface area contributed by atoms with Gasteiger partial charge in [-0.25, -0.2) is 0 Å². The Kier molecular flexibility index (Phi) is 3.40. The molecule has 1 rings (SSSR count). The van der Waals surface area contributed by atoms with E-state index in [4.69, 9.17) is 0 Å². The Balaban J connectivity index is 2.70. The first-order valence-electron chi connectivity index (χ1n) is 4.45. The standard InChI is InChI=1S/C12H15N/c1-4-5-8-13-12-7-6-10(2)9-11(12)3/h6-7,9,13H,8H2,1-3H3. The van der Waals surface area contributed by atoms with Gasteiger partial charge in [0.2, 0.25) is 0 Å². The maximum atomic E-state index is 3.27. The minimum atomic E-state index is 0.723. The Morgan fingerprint density at radius 3 is 2.69 bits per heavy atom. The van der Waals surface area contributed by atoms with Gasteiger partial charge in [0.25, 0.3) is 0 Å². The van der Waals surface area contributed by atoms with Crippen molar-refractivity contribution in [3.8, 4) is 11.8 Å². The number of hydrogen-bond acceptors (Lipinski definition) is 1. The molecule has 0 unspecified atom stereocenters. The molecule has 1 aromatic rings. The van der Waals surface area contributed by atoms with Gasteiger partial charge in [0.05, 0.1) is 6.54 Å². The molecule has 0 atom stereocenters. The third kappa shape index (κ3) is 2.83. The summed E-state index contributed by atoms with van der Waals surface area (Å²) in [6, 6.07) is 6.37. The average molecular weight is 173 g/mol. The number of benzene rings is 1. The lowest BCUT2D eigenvalue weighted by Gasteiger charge is -2.06. The lowest BCUT2D eigenvalue weighted by Crippen LogP contribution is -2.00. The topological polar surface area (TPSA) is 12.0 Å². The van der Waals surface area contributed by atoms with Gasteiger partial charge in [-0.3, -0.25) is 0 Å². The molecule has 1 aromatic carbocycles. The highest BCUT2D eigenvalue weighted by Crippen LogP contribution is 2.15. The molecule has 0 bridgehead atoms. The van der Waals surface area contributed by atoms with Crippen LogP contribution in [0.15, 0.2) is 18.2 Å². The summed E-state index contributed by atoms with van der Waals surface area (Å²) >= 11 is 0.